The van der Waals surface area contributed by atoms with Crippen LogP contribution < -0.4 is 5.56 Å². The normalized spacial score (nSPS) is 14.6. The van der Waals surface area contributed by atoms with Gasteiger partial charge in [0.2, 0.25) is 5.91 Å². The molecule has 0 unspecified atom stereocenters. The molecule has 3 rings (SSSR count). The molecule has 8 heteroatoms. The number of methoxy groups -OCH3 is 1. The topological polar surface area (TPSA) is 90.7 Å². The maximum atomic E-state index is 12.5. The van der Waals surface area contributed by atoms with E-state index in [2.05, 4.69) is 9.72 Å². The Morgan fingerprint density at radius 1 is 1.29 bits per heavy atom. The number of carbonyl (C=O) groups excluding carboxylic acids is 2. The summed E-state index contributed by atoms with van der Waals surface area (Å²) >= 11 is 0. The quantitative estimate of drug-likeness (QED) is 0.738. The molecule has 2 heterocycles. The van der Waals surface area contributed by atoms with Gasteiger partial charge in [-0.05, 0) is 18.2 Å². The van der Waals surface area contributed by atoms with Crippen molar-refractivity contribution in [3.8, 4) is 0 Å². The fourth-order valence-corrected chi connectivity index (χ4v) is 2.57. The molecule has 1 aliphatic heterocycles. The molecule has 8 nitrogen and oxygen atoms in total. The number of hydrogen-bond donors (Lipinski definition) is 0. The molecular formula is C16H17N3O5. The highest BCUT2D eigenvalue weighted by Gasteiger charge is 2.18. The van der Waals surface area contributed by atoms with Gasteiger partial charge in [-0.25, -0.2) is 9.78 Å². The number of benzene rings is 1. The van der Waals surface area contributed by atoms with Crippen molar-refractivity contribution >= 4 is 22.8 Å². The van der Waals surface area contributed by atoms with Gasteiger partial charge < -0.3 is 14.4 Å². The molecule has 2 aromatic rings. The van der Waals surface area contributed by atoms with Crippen molar-refractivity contribution in [2.75, 3.05) is 33.4 Å². The highest BCUT2D eigenvalue weighted by Crippen LogP contribution is 2.11. The number of fused-ring (bicyclic) bond motifs is 1. The highest BCUT2D eigenvalue weighted by molar-refractivity contribution is 5.94. The predicted octanol–water partition coefficient (Wildman–Crippen LogP) is 0.0419. The van der Waals surface area contributed by atoms with Crippen molar-refractivity contribution in [1.29, 1.82) is 0 Å². The predicted molar refractivity (Wildman–Crippen MR) is 84.7 cm³/mol. The van der Waals surface area contributed by atoms with Crippen LogP contribution in [0.2, 0.25) is 0 Å². The summed E-state index contributed by atoms with van der Waals surface area (Å²) in [6, 6.07) is 4.52. The van der Waals surface area contributed by atoms with Gasteiger partial charge in [-0.1, -0.05) is 0 Å². The number of aromatic nitrogens is 2. The van der Waals surface area contributed by atoms with Crippen LogP contribution in [0.5, 0.6) is 0 Å². The average Bonchev–Trinajstić information content (AvgIpc) is 2.63. The monoisotopic (exact) mass is 331 g/mol. The van der Waals surface area contributed by atoms with Crippen LogP contribution in [0, 0.1) is 0 Å². The molecule has 0 bridgehead atoms. The third kappa shape index (κ3) is 3.13. The largest absolute Gasteiger partial charge is 0.465 e. The molecule has 0 saturated carbocycles. The van der Waals surface area contributed by atoms with Gasteiger partial charge >= 0.3 is 5.97 Å². The lowest BCUT2D eigenvalue weighted by molar-refractivity contribution is -0.135. The van der Waals surface area contributed by atoms with Gasteiger partial charge in [-0.15, -0.1) is 0 Å². The molecule has 1 aromatic heterocycles. The molecular weight excluding hydrogens is 314 g/mol. The zero-order chi connectivity index (χ0) is 17.1. The Labute approximate surface area is 137 Å². The first kappa shape index (κ1) is 16.1. The Morgan fingerprint density at radius 2 is 2.04 bits per heavy atom. The minimum absolute atomic E-state index is 0.0689. The molecule has 0 atom stereocenters. The van der Waals surface area contributed by atoms with Crippen LogP contribution in [0.15, 0.2) is 29.3 Å². The number of hydrogen-bond acceptors (Lipinski definition) is 6. The second-order valence-electron chi connectivity index (χ2n) is 5.39. The molecule has 0 radical (unpaired) electrons. The first-order valence-electron chi connectivity index (χ1n) is 7.53. The van der Waals surface area contributed by atoms with Crippen molar-refractivity contribution < 1.29 is 19.1 Å². The summed E-state index contributed by atoms with van der Waals surface area (Å²) in [5.74, 6) is -0.641. The fourth-order valence-electron chi connectivity index (χ4n) is 2.57. The number of rotatable bonds is 3. The van der Waals surface area contributed by atoms with E-state index in [1.807, 2.05) is 0 Å². The number of esters is 1. The number of ether oxygens (including phenoxy) is 2. The minimum Gasteiger partial charge on any atom is -0.465 e. The van der Waals surface area contributed by atoms with Gasteiger partial charge in [0.15, 0.2) is 0 Å². The number of morpholine rings is 1. The van der Waals surface area contributed by atoms with Crippen LogP contribution in [-0.2, 0) is 20.8 Å². The zero-order valence-electron chi connectivity index (χ0n) is 13.2. The molecule has 1 fully saturated rings. The van der Waals surface area contributed by atoms with E-state index in [1.54, 1.807) is 4.90 Å². The molecule has 1 aromatic carbocycles. The van der Waals surface area contributed by atoms with Crippen molar-refractivity contribution in [2.45, 2.75) is 6.54 Å². The molecule has 0 aliphatic carbocycles. The molecule has 24 heavy (non-hydrogen) atoms. The van der Waals surface area contributed by atoms with Crippen LogP contribution in [0.25, 0.3) is 10.9 Å². The summed E-state index contributed by atoms with van der Waals surface area (Å²) in [7, 11) is 1.29. The van der Waals surface area contributed by atoms with Crippen molar-refractivity contribution in [3.05, 3.63) is 40.4 Å². The Morgan fingerprint density at radius 3 is 2.75 bits per heavy atom. The fraction of sp³-hybridized carbons (Fsp3) is 0.375. The van der Waals surface area contributed by atoms with Crippen LogP contribution in [0.4, 0.5) is 0 Å². The second kappa shape index (κ2) is 6.79. The molecule has 0 N–H and O–H groups in total. The molecule has 126 valence electrons. The summed E-state index contributed by atoms with van der Waals surface area (Å²) in [6.45, 7) is 1.99. The summed E-state index contributed by atoms with van der Waals surface area (Å²) < 4.78 is 11.1. The summed E-state index contributed by atoms with van der Waals surface area (Å²) in [5, 5.41) is 0.347. The second-order valence-corrected chi connectivity index (χ2v) is 5.39. The van der Waals surface area contributed by atoms with Gasteiger partial charge in [0.05, 0.1) is 43.1 Å². The average molecular weight is 331 g/mol. The standard InChI is InChI=1S/C16H17N3O5/c1-23-16(22)11-2-3-12-13(8-11)17-10-19(15(12)21)9-14(20)18-4-6-24-7-5-18/h2-3,8,10H,4-7,9H2,1H3. The van der Waals surface area contributed by atoms with Gasteiger partial charge in [0.1, 0.15) is 6.54 Å². The molecule has 1 saturated heterocycles. The number of carbonyl (C=O) groups is 2. The lowest BCUT2D eigenvalue weighted by Gasteiger charge is -2.27. The Balaban J connectivity index is 1.87. The number of nitrogens with zero attached hydrogens (tertiary/aromatic N) is 3. The maximum absolute atomic E-state index is 12.5. The van der Waals surface area contributed by atoms with Gasteiger partial charge in [0, 0.05) is 13.1 Å². The van der Waals surface area contributed by atoms with E-state index in [4.69, 9.17) is 4.74 Å². The Kier molecular flexibility index (Phi) is 4.57. The molecule has 1 aliphatic rings. The minimum atomic E-state index is -0.495. The Bertz CT molecular complexity index is 839. The van der Waals surface area contributed by atoms with E-state index in [0.717, 1.165) is 0 Å². The van der Waals surface area contributed by atoms with Gasteiger partial charge in [-0.2, -0.15) is 0 Å². The lowest BCUT2D eigenvalue weighted by atomic mass is 10.1. The van der Waals surface area contributed by atoms with Crippen molar-refractivity contribution in [1.82, 2.24) is 14.5 Å². The van der Waals surface area contributed by atoms with Crippen molar-refractivity contribution in [3.63, 3.8) is 0 Å². The Hall–Kier alpha value is -2.74. The first-order chi connectivity index (χ1) is 11.6. The summed E-state index contributed by atoms with van der Waals surface area (Å²) in [5.41, 5.74) is 0.384. The van der Waals surface area contributed by atoms with E-state index in [9.17, 15) is 14.4 Å². The summed E-state index contributed by atoms with van der Waals surface area (Å²) in [6.07, 6.45) is 1.32. The van der Waals surface area contributed by atoms with E-state index in [1.165, 1.54) is 36.2 Å². The van der Waals surface area contributed by atoms with E-state index >= 15 is 0 Å². The lowest BCUT2D eigenvalue weighted by Crippen LogP contribution is -2.43. The summed E-state index contributed by atoms with van der Waals surface area (Å²) in [4.78, 5) is 42.1. The third-order valence-corrected chi connectivity index (χ3v) is 3.92. The zero-order valence-corrected chi connectivity index (χ0v) is 13.2. The van der Waals surface area contributed by atoms with Gasteiger partial charge in [-0.3, -0.25) is 14.2 Å². The SMILES string of the molecule is COC(=O)c1ccc2c(=O)n(CC(=O)N3CCOCC3)cnc2c1. The van der Waals surface area contributed by atoms with Crippen LogP contribution in [-0.4, -0.2) is 59.7 Å². The first-order valence-corrected chi connectivity index (χ1v) is 7.53. The number of amides is 1. The molecule has 1 amide bonds. The smallest absolute Gasteiger partial charge is 0.337 e. The van der Waals surface area contributed by atoms with Crippen LogP contribution >= 0.6 is 0 Å². The van der Waals surface area contributed by atoms with E-state index < -0.39 is 5.97 Å². The third-order valence-electron chi connectivity index (χ3n) is 3.92. The molecule has 0 spiro atoms. The maximum Gasteiger partial charge on any atom is 0.337 e. The van der Waals surface area contributed by atoms with E-state index in [0.29, 0.717) is 42.8 Å². The van der Waals surface area contributed by atoms with Crippen LogP contribution in [0.1, 0.15) is 10.4 Å². The van der Waals surface area contributed by atoms with Gasteiger partial charge in [0.25, 0.3) is 5.56 Å². The highest BCUT2D eigenvalue weighted by atomic mass is 16.5. The van der Waals surface area contributed by atoms with E-state index in [-0.39, 0.29) is 18.0 Å². The van der Waals surface area contributed by atoms with Crippen LogP contribution in [0.3, 0.4) is 0 Å². The van der Waals surface area contributed by atoms with Crippen molar-refractivity contribution in [2.24, 2.45) is 0 Å².